The Morgan fingerprint density at radius 1 is 0.800 bits per heavy atom. The van der Waals surface area contributed by atoms with Crippen LogP contribution >= 0.6 is 0 Å². The zero-order valence-electron chi connectivity index (χ0n) is 18.7. The molecule has 0 heterocycles. The molecule has 6 nitrogen and oxygen atoms in total. The first-order valence-electron chi connectivity index (χ1n) is 10.6. The summed E-state index contributed by atoms with van der Waals surface area (Å²) < 4.78 is 43.3. The Hall–Kier alpha value is -4.14. The van der Waals surface area contributed by atoms with E-state index < -0.39 is 29.6 Å². The van der Waals surface area contributed by atoms with Crippen molar-refractivity contribution in [3.8, 4) is 11.1 Å². The zero-order valence-corrected chi connectivity index (χ0v) is 18.7. The van der Waals surface area contributed by atoms with Gasteiger partial charge in [-0.15, -0.1) is 0 Å². The van der Waals surface area contributed by atoms with Crippen LogP contribution in [0.25, 0.3) is 11.1 Å². The van der Waals surface area contributed by atoms with E-state index in [1.807, 2.05) is 0 Å². The van der Waals surface area contributed by atoms with E-state index in [-0.39, 0.29) is 25.3 Å². The molecule has 0 radical (unpaired) electrons. The first kappa shape index (κ1) is 25.5. The van der Waals surface area contributed by atoms with Gasteiger partial charge in [-0.25, -0.2) is 9.59 Å². The van der Waals surface area contributed by atoms with Crippen LogP contribution in [-0.2, 0) is 33.6 Å². The molecule has 182 valence electrons. The van der Waals surface area contributed by atoms with Crippen molar-refractivity contribution in [2.75, 3.05) is 6.61 Å². The zero-order chi connectivity index (χ0) is 25.6. The predicted octanol–water partition coefficient (Wildman–Crippen LogP) is 5.16. The van der Waals surface area contributed by atoms with E-state index in [9.17, 15) is 27.6 Å². The number of benzene rings is 3. The second-order valence-electron chi connectivity index (χ2n) is 7.66. The van der Waals surface area contributed by atoms with E-state index in [1.54, 1.807) is 43.3 Å². The van der Waals surface area contributed by atoms with Gasteiger partial charge in [-0.2, -0.15) is 13.2 Å². The number of halogens is 3. The molecule has 0 aliphatic carbocycles. The maximum absolute atomic E-state index is 12.8. The molecule has 0 aromatic heterocycles. The van der Waals surface area contributed by atoms with Crippen LogP contribution in [-0.4, -0.2) is 34.5 Å². The number of aromatic carboxylic acids is 1. The number of esters is 1. The summed E-state index contributed by atoms with van der Waals surface area (Å²) in [6.07, 6.45) is -4.48. The average molecular weight is 485 g/mol. The Bertz CT molecular complexity index is 1190. The van der Waals surface area contributed by atoms with Crippen molar-refractivity contribution in [1.82, 2.24) is 4.90 Å². The lowest BCUT2D eigenvalue weighted by Crippen LogP contribution is -2.36. The first-order chi connectivity index (χ1) is 16.6. The van der Waals surface area contributed by atoms with Crippen LogP contribution in [0.5, 0.6) is 0 Å². The molecule has 0 aliphatic heterocycles. The maximum Gasteiger partial charge on any atom is 0.416 e. The fourth-order valence-electron chi connectivity index (χ4n) is 3.37. The molecule has 35 heavy (non-hydrogen) atoms. The summed E-state index contributed by atoms with van der Waals surface area (Å²) in [5, 5.41) is 9.02. The minimum absolute atomic E-state index is 0.00799. The largest absolute Gasteiger partial charge is 0.478 e. The highest BCUT2D eigenvalue weighted by Crippen LogP contribution is 2.29. The van der Waals surface area contributed by atoms with E-state index in [1.165, 1.54) is 29.2 Å². The highest BCUT2D eigenvalue weighted by Gasteiger charge is 2.30. The minimum atomic E-state index is -4.48. The number of carboxylic acid groups (broad SMARTS) is 1. The van der Waals surface area contributed by atoms with Gasteiger partial charge in [0.05, 0.1) is 17.7 Å². The van der Waals surface area contributed by atoms with Crippen molar-refractivity contribution in [1.29, 1.82) is 0 Å². The normalized spacial score (nSPS) is 11.1. The topological polar surface area (TPSA) is 83.9 Å². The predicted molar refractivity (Wildman–Crippen MR) is 121 cm³/mol. The molecule has 3 rings (SSSR count). The number of rotatable bonds is 7. The number of nitrogens with zero attached hydrogens (tertiary/aromatic N) is 1. The summed E-state index contributed by atoms with van der Waals surface area (Å²) in [4.78, 5) is 37.0. The number of hydrogen-bond acceptors (Lipinski definition) is 4. The molecule has 3 aromatic carbocycles. The molecule has 0 saturated carbocycles. The average Bonchev–Trinajstić information content (AvgIpc) is 2.83. The maximum atomic E-state index is 12.8. The van der Waals surface area contributed by atoms with Crippen LogP contribution in [0.1, 0.15) is 34.0 Å². The van der Waals surface area contributed by atoms with Crippen LogP contribution in [0.3, 0.4) is 0 Å². The van der Waals surface area contributed by atoms with Crippen molar-refractivity contribution < 1.29 is 37.4 Å². The smallest absolute Gasteiger partial charge is 0.416 e. The number of alkyl halides is 3. The summed E-state index contributed by atoms with van der Waals surface area (Å²) in [6.45, 7) is 1.51. The molecule has 1 amide bonds. The molecule has 0 atom stereocenters. The van der Waals surface area contributed by atoms with Gasteiger partial charge >= 0.3 is 24.0 Å². The lowest BCUT2D eigenvalue weighted by atomic mass is 10.0. The Balaban J connectivity index is 1.79. The molecule has 0 aliphatic rings. The molecule has 0 spiro atoms. The Morgan fingerprint density at radius 3 is 1.69 bits per heavy atom. The van der Waals surface area contributed by atoms with Crippen LogP contribution in [0.2, 0.25) is 0 Å². The number of amides is 1. The fourth-order valence-corrected chi connectivity index (χ4v) is 3.37. The van der Waals surface area contributed by atoms with Gasteiger partial charge < -0.3 is 14.7 Å². The SMILES string of the molecule is CCOC(=O)C(=O)N(Cc1ccc(-c2ccc(C(=O)O)cc2)cc1)Cc1ccc(C(F)(F)F)cc1. The number of ether oxygens (including phenoxy) is 1. The molecule has 0 saturated heterocycles. The van der Waals surface area contributed by atoms with Gasteiger partial charge in [0.2, 0.25) is 0 Å². The number of hydrogen-bond donors (Lipinski definition) is 1. The van der Waals surface area contributed by atoms with Gasteiger partial charge in [-0.3, -0.25) is 4.79 Å². The molecular formula is C26H22F3NO5. The third kappa shape index (κ3) is 6.69. The molecule has 0 fully saturated rings. The second kappa shape index (κ2) is 10.9. The number of carboxylic acids is 1. The molecule has 9 heteroatoms. The molecule has 0 unspecified atom stereocenters. The van der Waals surface area contributed by atoms with Crippen molar-refractivity contribution >= 4 is 17.8 Å². The van der Waals surface area contributed by atoms with E-state index in [2.05, 4.69) is 0 Å². The van der Waals surface area contributed by atoms with Gasteiger partial charge in [-0.05, 0) is 53.4 Å². The first-order valence-corrected chi connectivity index (χ1v) is 10.6. The van der Waals surface area contributed by atoms with E-state index in [0.717, 1.165) is 23.3 Å². The van der Waals surface area contributed by atoms with Crippen LogP contribution in [0.15, 0.2) is 72.8 Å². The van der Waals surface area contributed by atoms with Gasteiger partial charge in [-0.1, -0.05) is 48.5 Å². The third-order valence-corrected chi connectivity index (χ3v) is 5.18. The van der Waals surface area contributed by atoms with Crippen LogP contribution < -0.4 is 0 Å². The summed E-state index contributed by atoms with van der Waals surface area (Å²) in [5.41, 5.74) is 2.08. The number of carbonyl (C=O) groups is 3. The van der Waals surface area contributed by atoms with Gasteiger partial charge in [0, 0.05) is 13.1 Å². The lowest BCUT2D eigenvalue weighted by molar-refractivity contribution is -0.160. The Kier molecular flexibility index (Phi) is 7.91. The van der Waals surface area contributed by atoms with Gasteiger partial charge in [0.15, 0.2) is 0 Å². The minimum Gasteiger partial charge on any atom is -0.478 e. The third-order valence-electron chi connectivity index (χ3n) is 5.18. The highest BCUT2D eigenvalue weighted by atomic mass is 19.4. The van der Waals surface area contributed by atoms with Crippen molar-refractivity contribution in [3.63, 3.8) is 0 Å². The van der Waals surface area contributed by atoms with Crippen LogP contribution in [0.4, 0.5) is 13.2 Å². The van der Waals surface area contributed by atoms with Crippen molar-refractivity contribution in [2.45, 2.75) is 26.2 Å². The Labute approximate surface area is 199 Å². The molecular weight excluding hydrogens is 463 g/mol. The lowest BCUT2D eigenvalue weighted by Gasteiger charge is -2.22. The Morgan fingerprint density at radius 2 is 1.26 bits per heavy atom. The molecule has 0 bridgehead atoms. The number of carbonyl (C=O) groups excluding carboxylic acids is 2. The van der Waals surface area contributed by atoms with Crippen molar-refractivity contribution in [3.05, 3.63) is 95.1 Å². The van der Waals surface area contributed by atoms with E-state index >= 15 is 0 Å². The monoisotopic (exact) mass is 485 g/mol. The molecule has 3 aromatic rings. The summed E-state index contributed by atoms with van der Waals surface area (Å²) in [6, 6.07) is 17.8. The standard InChI is InChI=1S/C26H22F3NO5/c1-2-35-25(34)23(31)30(16-18-5-13-22(14-6-18)26(27,28)29)15-17-3-7-19(8-4-17)20-9-11-21(12-10-20)24(32)33/h3-14H,2,15-16H2,1H3,(H,32,33). The van der Waals surface area contributed by atoms with Crippen molar-refractivity contribution in [2.24, 2.45) is 0 Å². The summed E-state index contributed by atoms with van der Waals surface area (Å²) >= 11 is 0. The highest BCUT2D eigenvalue weighted by molar-refractivity contribution is 6.32. The second-order valence-corrected chi connectivity index (χ2v) is 7.66. The van der Waals surface area contributed by atoms with E-state index in [0.29, 0.717) is 11.1 Å². The fraction of sp³-hybridized carbons (Fsp3) is 0.192. The quantitative estimate of drug-likeness (QED) is 0.369. The summed E-state index contributed by atoms with van der Waals surface area (Å²) in [7, 11) is 0. The summed E-state index contributed by atoms with van der Waals surface area (Å²) in [5.74, 6) is -2.97. The van der Waals surface area contributed by atoms with Crippen LogP contribution in [0, 0.1) is 0 Å². The molecule has 1 N–H and O–H groups in total. The van der Waals surface area contributed by atoms with Gasteiger partial charge in [0.1, 0.15) is 0 Å². The van der Waals surface area contributed by atoms with E-state index in [4.69, 9.17) is 9.84 Å². The van der Waals surface area contributed by atoms with Gasteiger partial charge in [0.25, 0.3) is 0 Å².